The molecule has 0 aromatic heterocycles. The van der Waals surface area contributed by atoms with Gasteiger partial charge in [0.25, 0.3) is 0 Å². The molecule has 2 atom stereocenters. The molecule has 21 heavy (non-hydrogen) atoms. The number of carboxylic acids is 1. The van der Waals surface area contributed by atoms with Crippen molar-refractivity contribution < 1.29 is 14.3 Å². The van der Waals surface area contributed by atoms with Gasteiger partial charge in [-0.3, -0.25) is 9.80 Å². The number of halogens is 1. The Bertz CT molecular complexity index is 549. The van der Waals surface area contributed by atoms with E-state index in [0.29, 0.717) is 18.6 Å². The molecule has 5 heteroatoms. The SMILES string of the molecule is CC1CN2CCCC2CN1Cc1cc(F)cc(C(=O)O)c1. The highest BCUT2D eigenvalue weighted by atomic mass is 19.1. The average Bonchev–Trinajstić information content (AvgIpc) is 2.85. The van der Waals surface area contributed by atoms with Gasteiger partial charge in [-0.05, 0) is 50.1 Å². The standard InChI is InChI=1S/C16H21FN2O2/c1-11-8-18-4-2-3-15(18)10-19(11)9-12-5-13(16(20)21)7-14(17)6-12/h5-7,11,15H,2-4,8-10H2,1H3,(H,20,21). The second kappa shape index (κ2) is 5.73. The van der Waals surface area contributed by atoms with Crippen LogP contribution in [0.1, 0.15) is 35.7 Å². The summed E-state index contributed by atoms with van der Waals surface area (Å²) in [6.45, 7) is 6.02. The molecule has 2 unspecified atom stereocenters. The lowest BCUT2D eigenvalue weighted by Gasteiger charge is -2.42. The van der Waals surface area contributed by atoms with E-state index >= 15 is 0 Å². The number of fused-ring (bicyclic) bond motifs is 1. The molecular weight excluding hydrogens is 271 g/mol. The van der Waals surface area contributed by atoms with Crippen LogP contribution in [0.4, 0.5) is 4.39 Å². The van der Waals surface area contributed by atoms with Crippen molar-refractivity contribution in [3.05, 3.63) is 35.1 Å². The van der Waals surface area contributed by atoms with E-state index in [4.69, 9.17) is 5.11 Å². The van der Waals surface area contributed by atoms with Crippen LogP contribution >= 0.6 is 0 Å². The largest absolute Gasteiger partial charge is 0.478 e. The summed E-state index contributed by atoms with van der Waals surface area (Å²) in [4.78, 5) is 15.9. The number of aromatic carboxylic acids is 1. The van der Waals surface area contributed by atoms with Crippen LogP contribution in [0, 0.1) is 5.82 Å². The number of rotatable bonds is 3. The Kier molecular flexibility index (Phi) is 3.95. The maximum Gasteiger partial charge on any atom is 0.335 e. The molecular formula is C16H21FN2O2. The summed E-state index contributed by atoms with van der Waals surface area (Å²) in [5, 5.41) is 9.03. The summed E-state index contributed by atoms with van der Waals surface area (Å²) in [6, 6.07) is 5.12. The van der Waals surface area contributed by atoms with Crippen LogP contribution < -0.4 is 0 Å². The molecule has 4 nitrogen and oxygen atoms in total. The van der Waals surface area contributed by atoms with Crippen LogP contribution in [0.15, 0.2) is 18.2 Å². The molecule has 0 bridgehead atoms. The number of carbonyl (C=O) groups is 1. The number of carboxylic acid groups (broad SMARTS) is 1. The average molecular weight is 292 g/mol. The molecule has 0 radical (unpaired) electrons. The Morgan fingerprint density at radius 3 is 2.95 bits per heavy atom. The van der Waals surface area contributed by atoms with Crippen molar-refractivity contribution in [3.63, 3.8) is 0 Å². The summed E-state index contributed by atoms with van der Waals surface area (Å²) in [5.74, 6) is -1.55. The van der Waals surface area contributed by atoms with Gasteiger partial charge in [-0.2, -0.15) is 0 Å². The Hall–Kier alpha value is -1.46. The third-order valence-electron chi connectivity index (χ3n) is 4.66. The maximum atomic E-state index is 13.6. The van der Waals surface area contributed by atoms with E-state index in [1.807, 2.05) is 0 Å². The highest BCUT2D eigenvalue weighted by Crippen LogP contribution is 2.26. The zero-order valence-electron chi connectivity index (χ0n) is 12.3. The van der Waals surface area contributed by atoms with E-state index in [1.54, 1.807) is 6.07 Å². The minimum Gasteiger partial charge on any atom is -0.478 e. The predicted molar refractivity (Wildman–Crippen MR) is 77.8 cm³/mol. The molecule has 2 saturated heterocycles. The van der Waals surface area contributed by atoms with Crippen molar-refractivity contribution in [2.45, 2.75) is 38.4 Å². The molecule has 2 aliphatic heterocycles. The van der Waals surface area contributed by atoms with Crippen molar-refractivity contribution >= 4 is 5.97 Å². The highest BCUT2D eigenvalue weighted by molar-refractivity contribution is 5.87. The Morgan fingerprint density at radius 2 is 2.19 bits per heavy atom. The number of benzene rings is 1. The number of nitrogens with zero attached hydrogens (tertiary/aromatic N) is 2. The smallest absolute Gasteiger partial charge is 0.335 e. The van der Waals surface area contributed by atoms with Gasteiger partial charge < -0.3 is 5.11 Å². The van der Waals surface area contributed by atoms with E-state index in [2.05, 4.69) is 16.7 Å². The quantitative estimate of drug-likeness (QED) is 0.927. The van der Waals surface area contributed by atoms with E-state index in [1.165, 1.54) is 25.5 Å². The maximum absolute atomic E-state index is 13.6. The first kappa shape index (κ1) is 14.5. The first-order valence-electron chi connectivity index (χ1n) is 7.54. The fraction of sp³-hybridized carbons (Fsp3) is 0.562. The van der Waals surface area contributed by atoms with Crippen molar-refractivity contribution in [2.75, 3.05) is 19.6 Å². The molecule has 3 rings (SSSR count). The molecule has 0 amide bonds. The summed E-state index contributed by atoms with van der Waals surface area (Å²) in [5.41, 5.74) is 0.767. The summed E-state index contributed by atoms with van der Waals surface area (Å²) in [7, 11) is 0. The zero-order valence-corrected chi connectivity index (χ0v) is 12.3. The van der Waals surface area contributed by atoms with Crippen LogP contribution in [0.5, 0.6) is 0 Å². The van der Waals surface area contributed by atoms with Gasteiger partial charge in [0.05, 0.1) is 5.56 Å². The van der Waals surface area contributed by atoms with Crippen LogP contribution in [-0.2, 0) is 6.54 Å². The molecule has 1 aromatic carbocycles. The topological polar surface area (TPSA) is 43.8 Å². The number of piperazine rings is 1. The lowest BCUT2D eigenvalue weighted by atomic mass is 10.1. The molecule has 0 saturated carbocycles. The second-order valence-corrected chi connectivity index (χ2v) is 6.22. The van der Waals surface area contributed by atoms with Crippen LogP contribution in [-0.4, -0.2) is 52.6 Å². The van der Waals surface area contributed by atoms with Gasteiger partial charge in [0.2, 0.25) is 0 Å². The Labute approximate surface area is 124 Å². The predicted octanol–water partition coefficient (Wildman–Crippen LogP) is 2.19. The lowest BCUT2D eigenvalue weighted by molar-refractivity contribution is 0.0539. The third kappa shape index (κ3) is 3.09. The third-order valence-corrected chi connectivity index (χ3v) is 4.66. The van der Waals surface area contributed by atoms with Gasteiger partial charge in [0, 0.05) is 31.7 Å². The number of hydrogen-bond donors (Lipinski definition) is 1. The first-order chi connectivity index (χ1) is 10.0. The van der Waals surface area contributed by atoms with Gasteiger partial charge >= 0.3 is 5.97 Å². The van der Waals surface area contributed by atoms with E-state index in [-0.39, 0.29) is 5.56 Å². The van der Waals surface area contributed by atoms with Crippen LogP contribution in [0.25, 0.3) is 0 Å². The minimum absolute atomic E-state index is 0.0251. The Balaban J connectivity index is 1.75. The molecule has 2 heterocycles. The highest BCUT2D eigenvalue weighted by Gasteiger charge is 2.34. The minimum atomic E-state index is -1.08. The van der Waals surface area contributed by atoms with E-state index in [0.717, 1.165) is 24.7 Å². The van der Waals surface area contributed by atoms with Crippen molar-refractivity contribution in [2.24, 2.45) is 0 Å². The van der Waals surface area contributed by atoms with E-state index < -0.39 is 11.8 Å². The molecule has 1 aromatic rings. The summed E-state index contributed by atoms with van der Waals surface area (Å²) >= 11 is 0. The van der Waals surface area contributed by atoms with Gasteiger partial charge in [-0.15, -0.1) is 0 Å². The van der Waals surface area contributed by atoms with E-state index in [9.17, 15) is 9.18 Å². The molecule has 1 N–H and O–H groups in total. The van der Waals surface area contributed by atoms with Gasteiger partial charge in [-0.1, -0.05) is 0 Å². The van der Waals surface area contributed by atoms with Gasteiger partial charge in [0.15, 0.2) is 0 Å². The zero-order chi connectivity index (χ0) is 15.0. The Morgan fingerprint density at radius 1 is 1.38 bits per heavy atom. The van der Waals surface area contributed by atoms with Crippen molar-refractivity contribution in [1.29, 1.82) is 0 Å². The first-order valence-corrected chi connectivity index (χ1v) is 7.54. The summed E-state index contributed by atoms with van der Waals surface area (Å²) < 4.78 is 13.6. The molecule has 0 spiro atoms. The fourth-order valence-corrected chi connectivity index (χ4v) is 3.57. The lowest BCUT2D eigenvalue weighted by Crippen LogP contribution is -2.54. The molecule has 2 aliphatic rings. The second-order valence-electron chi connectivity index (χ2n) is 6.22. The molecule has 0 aliphatic carbocycles. The van der Waals surface area contributed by atoms with Crippen LogP contribution in [0.2, 0.25) is 0 Å². The fourth-order valence-electron chi connectivity index (χ4n) is 3.57. The monoisotopic (exact) mass is 292 g/mol. The van der Waals surface area contributed by atoms with Gasteiger partial charge in [0.1, 0.15) is 5.82 Å². The van der Waals surface area contributed by atoms with Crippen LogP contribution in [0.3, 0.4) is 0 Å². The molecule has 2 fully saturated rings. The normalized spacial score (nSPS) is 26.8. The number of hydrogen-bond acceptors (Lipinski definition) is 3. The van der Waals surface area contributed by atoms with Gasteiger partial charge in [-0.25, -0.2) is 9.18 Å². The van der Waals surface area contributed by atoms with Crippen molar-refractivity contribution in [3.8, 4) is 0 Å². The molecule has 114 valence electrons. The van der Waals surface area contributed by atoms with Crippen molar-refractivity contribution in [1.82, 2.24) is 9.80 Å². The summed E-state index contributed by atoms with van der Waals surface area (Å²) in [6.07, 6.45) is 2.49.